The standard InChI is InChI=1S/C38H35NO8/c1-45-34-13-21(3-8-31(34)43)38-32(44)15-26-28-14-27-23(19-2-7-29-20(12-19)10-11-39-29)4-5-24-30(42)9-6-25(36(24)27)37(28)35(16-33(26)47-38)46-22(17-40)18-41/h2-13,16,22-23,27,32,38-44H,14-15,17-18H2,1H3/t23-,27-,32+,38+/m0/s1. The molecule has 6 N–H and O–H groups in total. The van der Waals surface area contributed by atoms with Gasteiger partial charge >= 0.3 is 0 Å². The van der Waals surface area contributed by atoms with Gasteiger partial charge in [-0.1, -0.05) is 30.4 Å². The summed E-state index contributed by atoms with van der Waals surface area (Å²) >= 11 is 0. The molecule has 5 aromatic rings. The number of nitrogens with one attached hydrogen (secondary N) is 1. The largest absolute Gasteiger partial charge is 0.507 e. The SMILES string of the molecule is COc1cc([C@H]2Oc3cc(OC(CO)CO)c4c(c3C[C@H]2O)C[C@@H]2c3c-4ccc(O)c3C=C[C@H]2c2ccc3[nH]ccc3c2)ccc1O. The fourth-order valence-electron chi connectivity index (χ4n) is 7.68. The molecule has 240 valence electrons. The van der Waals surface area contributed by atoms with Crippen LogP contribution in [-0.2, 0) is 12.8 Å². The molecule has 0 unspecified atom stereocenters. The normalized spacial score (nSPS) is 20.8. The Balaban J connectivity index is 1.30. The summed E-state index contributed by atoms with van der Waals surface area (Å²) in [5.41, 5.74) is 8.16. The Kier molecular flexibility index (Phi) is 7.13. The van der Waals surface area contributed by atoms with Gasteiger partial charge in [-0.25, -0.2) is 0 Å². The minimum Gasteiger partial charge on any atom is -0.507 e. The van der Waals surface area contributed by atoms with E-state index in [1.54, 1.807) is 24.3 Å². The highest BCUT2D eigenvalue weighted by atomic mass is 16.5. The Morgan fingerprint density at radius 2 is 1.70 bits per heavy atom. The van der Waals surface area contributed by atoms with Crippen molar-refractivity contribution in [3.63, 3.8) is 0 Å². The van der Waals surface area contributed by atoms with Gasteiger partial charge < -0.3 is 44.7 Å². The van der Waals surface area contributed by atoms with Gasteiger partial charge in [0.25, 0.3) is 0 Å². The third-order valence-corrected chi connectivity index (χ3v) is 9.92. The van der Waals surface area contributed by atoms with E-state index in [2.05, 4.69) is 35.3 Å². The van der Waals surface area contributed by atoms with E-state index in [-0.39, 0.29) is 42.3 Å². The Morgan fingerprint density at radius 1 is 0.894 bits per heavy atom. The number of ether oxygens (including phenoxy) is 3. The molecule has 1 aliphatic heterocycles. The summed E-state index contributed by atoms with van der Waals surface area (Å²) in [5.74, 6) is 1.40. The summed E-state index contributed by atoms with van der Waals surface area (Å²) < 4.78 is 18.1. The lowest BCUT2D eigenvalue weighted by Gasteiger charge is -2.40. The fraction of sp³-hybridized carbons (Fsp3) is 0.263. The van der Waals surface area contributed by atoms with Gasteiger partial charge in [0.1, 0.15) is 29.5 Å². The molecule has 9 heteroatoms. The van der Waals surface area contributed by atoms with Crippen molar-refractivity contribution in [2.75, 3.05) is 20.3 Å². The first-order chi connectivity index (χ1) is 22.9. The highest BCUT2D eigenvalue weighted by molar-refractivity contribution is 5.88. The lowest BCUT2D eigenvalue weighted by atomic mass is 9.65. The number of aliphatic hydroxyl groups excluding tert-OH is 3. The highest BCUT2D eigenvalue weighted by Crippen LogP contribution is 2.57. The molecule has 3 aliphatic rings. The van der Waals surface area contributed by atoms with Crippen molar-refractivity contribution in [2.24, 2.45) is 0 Å². The van der Waals surface area contributed by atoms with Gasteiger partial charge in [0.05, 0.1) is 26.4 Å². The predicted octanol–water partition coefficient (Wildman–Crippen LogP) is 5.47. The number of hydrogen-bond donors (Lipinski definition) is 6. The number of phenols is 2. The Bertz CT molecular complexity index is 2040. The van der Waals surface area contributed by atoms with Gasteiger partial charge in [0, 0.05) is 46.8 Å². The van der Waals surface area contributed by atoms with Gasteiger partial charge in [0.15, 0.2) is 11.5 Å². The molecule has 0 fully saturated rings. The molecule has 8 rings (SSSR count). The molecule has 4 atom stereocenters. The van der Waals surface area contributed by atoms with Crippen molar-refractivity contribution < 1.29 is 39.7 Å². The van der Waals surface area contributed by atoms with Crippen LogP contribution in [0, 0.1) is 0 Å². The van der Waals surface area contributed by atoms with Gasteiger partial charge in [-0.15, -0.1) is 0 Å². The first-order valence-corrected chi connectivity index (χ1v) is 15.8. The summed E-state index contributed by atoms with van der Waals surface area (Å²) in [4.78, 5) is 3.27. The predicted molar refractivity (Wildman–Crippen MR) is 176 cm³/mol. The number of H-pyrrole nitrogens is 1. The maximum Gasteiger partial charge on any atom is 0.160 e. The molecule has 0 saturated carbocycles. The second-order valence-electron chi connectivity index (χ2n) is 12.5. The number of aromatic amines is 1. The van der Waals surface area contributed by atoms with Crippen LogP contribution in [0.4, 0.5) is 0 Å². The minimum atomic E-state index is -0.898. The first kappa shape index (κ1) is 29.4. The number of methoxy groups -OCH3 is 1. The van der Waals surface area contributed by atoms with Crippen molar-refractivity contribution in [1.82, 2.24) is 4.98 Å². The molecule has 47 heavy (non-hydrogen) atoms. The molecule has 0 spiro atoms. The van der Waals surface area contributed by atoms with E-state index in [9.17, 15) is 25.5 Å². The number of aliphatic hydroxyl groups is 3. The van der Waals surface area contributed by atoms with E-state index in [0.717, 1.165) is 49.8 Å². The molecular weight excluding hydrogens is 598 g/mol. The summed E-state index contributed by atoms with van der Waals surface area (Å²) in [5, 5.41) is 53.8. The second-order valence-corrected chi connectivity index (χ2v) is 12.5. The molecule has 2 aliphatic carbocycles. The van der Waals surface area contributed by atoms with E-state index in [0.29, 0.717) is 29.9 Å². The summed E-state index contributed by atoms with van der Waals surface area (Å²) in [6.45, 7) is -0.777. The monoisotopic (exact) mass is 633 g/mol. The topological polar surface area (TPSA) is 145 Å². The molecular formula is C38H35NO8. The molecule has 2 heterocycles. The number of fused-ring (bicyclic) bond motifs is 5. The fourth-order valence-corrected chi connectivity index (χ4v) is 7.68. The van der Waals surface area contributed by atoms with Gasteiger partial charge in [-0.2, -0.15) is 0 Å². The Morgan fingerprint density at radius 3 is 2.51 bits per heavy atom. The number of aromatic nitrogens is 1. The molecule has 0 bridgehead atoms. The summed E-state index contributed by atoms with van der Waals surface area (Å²) in [7, 11) is 1.47. The molecule has 0 radical (unpaired) electrons. The number of aromatic hydroxyl groups is 2. The van der Waals surface area contributed by atoms with E-state index in [4.69, 9.17) is 14.2 Å². The van der Waals surface area contributed by atoms with Crippen LogP contribution in [0.5, 0.6) is 28.7 Å². The Hall–Kier alpha value is -4.96. The van der Waals surface area contributed by atoms with Crippen molar-refractivity contribution in [3.05, 3.63) is 106 Å². The smallest absolute Gasteiger partial charge is 0.160 e. The van der Waals surface area contributed by atoms with Gasteiger partial charge in [-0.05, 0) is 81.9 Å². The maximum atomic E-state index is 11.5. The highest BCUT2D eigenvalue weighted by Gasteiger charge is 2.41. The molecule has 1 aromatic heterocycles. The average Bonchev–Trinajstić information content (AvgIpc) is 3.57. The zero-order valence-corrected chi connectivity index (χ0v) is 25.7. The van der Waals surface area contributed by atoms with Crippen LogP contribution < -0.4 is 14.2 Å². The second kappa shape index (κ2) is 11.4. The van der Waals surface area contributed by atoms with E-state index < -0.39 is 18.3 Å². The van der Waals surface area contributed by atoms with Crippen molar-refractivity contribution in [3.8, 4) is 39.9 Å². The zero-order chi connectivity index (χ0) is 32.4. The average molecular weight is 634 g/mol. The van der Waals surface area contributed by atoms with Crippen LogP contribution in [0.25, 0.3) is 28.1 Å². The van der Waals surface area contributed by atoms with Crippen molar-refractivity contribution in [1.29, 1.82) is 0 Å². The maximum absolute atomic E-state index is 11.5. The third-order valence-electron chi connectivity index (χ3n) is 9.92. The summed E-state index contributed by atoms with van der Waals surface area (Å²) in [6.07, 6.45) is 4.46. The lowest BCUT2D eigenvalue weighted by Crippen LogP contribution is -2.33. The van der Waals surface area contributed by atoms with Gasteiger partial charge in [-0.3, -0.25) is 0 Å². The minimum absolute atomic E-state index is 0.00463. The van der Waals surface area contributed by atoms with E-state index in [1.165, 1.54) is 13.2 Å². The van der Waals surface area contributed by atoms with Crippen molar-refractivity contribution in [2.45, 2.75) is 43.0 Å². The van der Waals surface area contributed by atoms with Crippen LogP contribution in [0.1, 0.15) is 51.3 Å². The summed E-state index contributed by atoms with van der Waals surface area (Å²) in [6, 6.07) is 18.7. The van der Waals surface area contributed by atoms with Crippen LogP contribution in [0.2, 0.25) is 0 Å². The molecule has 0 amide bonds. The molecule has 4 aromatic carbocycles. The van der Waals surface area contributed by atoms with Crippen molar-refractivity contribution >= 4 is 17.0 Å². The number of hydrogen-bond acceptors (Lipinski definition) is 8. The third kappa shape index (κ3) is 4.73. The Labute approximate surface area is 270 Å². The number of allylic oxidation sites excluding steroid dienone is 1. The molecule has 0 saturated heterocycles. The number of phenolic OH excluding ortho intramolecular Hbond substituents is 2. The van der Waals surface area contributed by atoms with Gasteiger partial charge in [0.2, 0.25) is 0 Å². The first-order valence-electron chi connectivity index (χ1n) is 15.8. The lowest BCUT2D eigenvalue weighted by molar-refractivity contribution is 0.0195. The van der Waals surface area contributed by atoms with Crippen LogP contribution in [0.15, 0.2) is 72.9 Å². The molecule has 9 nitrogen and oxygen atoms in total. The quantitative estimate of drug-likeness (QED) is 0.138. The zero-order valence-electron chi connectivity index (χ0n) is 25.7. The number of benzene rings is 4. The van der Waals surface area contributed by atoms with E-state index >= 15 is 0 Å². The van der Waals surface area contributed by atoms with Crippen LogP contribution >= 0.6 is 0 Å². The van der Waals surface area contributed by atoms with Crippen LogP contribution in [-0.4, -0.2) is 63.0 Å². The van der Waals surface area contributed by atoms with E-state index in [1.807, 2.05) is 18.3 Å². The van der Waals surface area contributed by atoms with Crippen LogP contribution in [0.3, 0.4) is 0 Å². The number of rotatable bonds is 7.